The van der Waals surface area contributed by atoms with Crippen LogP contribution in [0.1, 0.15) is 18.9 Å². The molecule has 0 aromatic heterocycles. The number of hydrogen-bond acceptors (Lipinski definition) is 4. The largest absolute Gasteiger partial charge is 0.329 e. The molecular formula is C25H24N4O3. The van der Waals surface area contributed by atoms with Crippen molar-refractivity contribution < 1.29 is 14.4 Å². The molecule has 3 N–H and O–H groups in total. The predicted octanol–water partition coefficient (Wildman–Crippen LogP) is 4.12. The van der Waals surface area contributed by atoms with E-state index in [1.165, 1.54) is 0 Å². The lowest BCUT2D eigenvalue weighted by Gasteiger charge is -2.11. The first kappa shape index (κ1) is 22.4. The number of nitrogens with zero attached hydrogens (tertiary/aromatic N) is 1. The van der Waals surface area contributed by atoms with Gasteiger partial charge in [0.2, 0.25) is 5.91 Å². The second kappa shape index (κ2) is 10.7. The van der Waals surface area contributed by atoms with Gasteiger partial charge in [0, 0.05) is 22.6 Å². The summed E-state index contributed by atoms with van der Waals surface area (Å²) < 4.78 is 0. The molecule has 0 bridgehead atoms. The average Bonchev–Trinajstić information content (AvgIpc) is 2.79. The van der Waals surface area contributed by atoms with Gasteiger partial charge in [-0.2, -0.15) is 5.10 Å². The molecule has 3 rings (SSSR count). The van der Waals surface area contributed by atoms with Crippen molar-refractivity contribution in [3.05, 3.63) is 84.4 Å². The van der Waals surface area contributed by atoms with Crippen LogP contribution in [0.5, 0.6) is 0 Å². The van der Waals surface area contributed by atoms with Crippen LogP contribution < -0.4 is 16.1 Å². The Balaban J connectivity index is 1.56. The number of carbonyl (C=O) groups excluding carboxylic acids is 3. The molecule has 0 radical (unpaired) electrons. The summed E-state index contributed by atoms with van der Waals surface area (Å²) in [4.78, 5) is 36.5. The van der Waals surface area contributed by atoms with Gasteiger partial charge in [-0.15, -0.1) is 0 Å². The van der Waals surface area contributed by atoms with E-state index in [0.29, 0.717) is 17.1 Å². The summed E-state index contributed by atoms with van der Waals surface area (Å²) in [6.45, 7) is 3.42. The minimum Gasteiger partial charge on any atom is -0.325 e. The third-order valence-corrected chi connectivity index (χ3v) is 4.65. The number of carbonyl (C=O) groups is 3. The molecule has 0 unspecified atom stereocenters. The van der Waals surface area contributed by atoms with E-state index in [2.05, 4.69) is 21.2 Å². The molecule has 3 aromatic carbocycles. The molecule has 0 saturated carbocycles. The molecule has 7 nitrogen and oxygen atoms in total. The number of amides is 3. The van der Waals surface area contributed by atoms with E-state index in [9.17, 15) is 14.4 Å². The van der Waals surface area contributed by atoms with Crippen LogP contribution in [-0.2, 0) is 14.4 Å². The smallest absolute Gasteiger partial charge is 0.325 e. The Labute approximate surface area is 186 Å². The van der Waals surface area contributed by atoms with Crippen LogP contribution in [0.4, 0.5) is 11.4 Å². The molecule has 0 atom stereocenters. The molecule has 0 fully saturated rings. The van der Waals surface area contributed by atoms with E-state index in [0.717, 1.165) is 16.7 Å². The highest BCUT2D eigenvalue weighted by atomic mass is 16.2. The van der Waals surface area contributed by atoms with Gasteiger partial charge in [-0.05, 0) is 37.1 Å². The van der Waals surface area contributed by atoms with Crippen LogP contribution in [0, 0.1) is 6.92 Å². The molecule has 32 heavy (non-hydrogen) atoms. The summed E-state index contributed by atoms with van der Waals surface area (Å²) in [5, 5.41) is 9.27. The molecule has 3 amide bonds. The van der Waals surface area contributed by atoms with Crippen molar-refractivity contribution >= 4 is 34.8 Å². The van der Waals surface area contributed by atoms with Gasteiger partial charge in [-0.1, -0.05) is 66.7 Å². The van der Waals surface area contributed by atoms with E-state index in [4.69, 9.17) is 0 Å². The first-order valence-corrected chi connectivity index (χ1v) is 10.1. The van der Waals surface area contributed by atoms with Crippen LogP contribution >= 0.6 is 0 Å². The third kappa shape index (κ3) is 6.12. The molecule has 0 aliphatic rings. The lowest BCUT2D eigenvalue weighted by molar-refractivity contribution is -0.136. The fraction of sp³-hybridized carbons (Fsp3) is 0.120. The van der Waals surface area contributed by atoms with Gasteiger partial charge in [-0.3, -0.25) is 14.4 Å². The van der Waals surface area contributed by atoms with E-state index < -0.39 is 11.8 Å². The van der Waals surface area contributed by atoms with Gasteiger partial charge in [-0.25, -0.2) is 5.43 Å². The Bertz CT molecular complexity index is 1160. The number of aryl methyl sites for hydroxylation is 1. The third-order valence-electron chi connectivity index (χ3n) is 4.65. The van der Waals surface area contributed by atoms with Gasteiger partial charge in [0.15, 0.2) is 0 Å². The second-order valence-corrected chi connectivity index (χ2v) is 7.19. The molecule has 0 saturated heterocycles. The van der Waals surface area contributed by atoms with Crippen LogP contribution in [0.25, 0.3) is 11.1 Å². The zero-order chi connectivity index (χ0) is 22.9. The zero-order valence-corrected chi connectivity index (χ0v) is 17.9. The maximum Gasteiger partial charge on any atom is 0.329 e. The van der Waals surface area contributed by atoms with Gasteiger partial charge in [0.25, 0.3) is 0 Å². The second-order valence-electron chi connectivity index (χ2n) is 7.19. The Kier molecular flexibility index (Phi) is 7.48. The summed E-state index contributed by atoms with van der Waals surface area (Å²) in [5.41, 5.74) is 6.49. The van der Waals surface area contributed by atoms with E-state index in [1.807, 2.05) is 73.7 Å². The van der Waals surface area contributed by atoms with Gasteiger partial charge < -0.3 is 10.6 Å². The topological polar surface area (TPSA) is 99.7 Å². The van der Waals surface area contributed by atoms with Crippen molar-refractivity contribution in [3.8, 4) is 11.1 Å². The van der Waals surface area contributed by atoms with Crippen molar-refractivity contribution in [2.75, 3.05) is 10.6 Å². The molecule has 0 spiro atoms. The van der Waals surface area contributed by atoms with Crippen molar-refractivity contribution in [2.45, 2.75) is 20.3 Å². The van der Waals surface area contributed by atoms with Gasteiger partial charge in [0.05, 0.1) is 6.42 Å². The maximum atomic E-state index is 12.5. The fourth-order valence-corrected chi connectivity index (χ4v) is 3.02. The Morgan fingerprint density at radius 3 is 2.09 bits per heavy atom. The summed E-state index contributed by atoms with van der Waals surface area (Å²) in [5.74, 6) is -2.03. The van der Waals surface area contributed by atoms with E-state index >= 15 is 0 Å². The summed E-state index contributed by atoms with van der Waals surface area (Å²) in [7, 11) is 0. The number of hydrazone groups is 1. The highest BCUT2D eigenvalue weighted by Crippen LogP contribution is 2.27. The van der Waals surface area contributed by atoms with Gasteiger partial charge in [0.1, 0.15) is 0 Å². The number of para-hydroxylation sites is 2. The number of benzene rings is 3. The van der Waals surface area contributed by atoms with Crippen molar-refractivity contribution in [1.29, 1.82) is 0 Å². The molecule has 162 valence electrons. The van der Waals surface area contributed by atoms with Crippen molar-refractivity contribution in [2.24, 2.45) is 5.10 Å². The summed E-state index contributed by atoms with van der Waals surface area (Å²) in [6.07, 6.45) is -0.0389. The summed E-state index contributed by atoms with van der Waals surface area (Å²) in [6, 6.07) is 24.4. The Morgan fingerprint density at radius 2 is 1.38 bits per heavy atom. The fourth-order valence-electron chi connectivity index (χ4n) is 3.02. The number of anilines is 2. The highest BCUT2D eigenvalue weighted by Gasteiger charge is 2.15. The minimum absolute atomic E-state index is 0.0389. The van der Waals surface area contributed by atoms with Crippen molar-refractivity contribution in [1.82, 2.24) is 5.43 Å². The van der Waals surface area contributed by atoms with E-state index in [1.54, 1.807) is 19.1 Å². The first-order chi connectivity index (χ1) is 15.4. The average molecular weight is 428 g/mol. The van der Waals surface area contributed by atoms with Crippen LogP contribution in [0.2, 0.25) is 0 Å². The summed E-state index contributed by atoms with van der Waals surface area (Å²) >= 11 is 0. The number of rotatable bonds is 6. The van der Waals surface area contributed by atoms with E-state index in [-0.39, 0.29) is 12.3 Å². The zero-order valence-electron chi connectivity index (χ0n) is 17.9. The molecule has 3 aromatic rings. The Hall–Kier alpha value is -4.26. The quantitative estimate of drug-likeness (QED) is 0.313. The lowest BCUT2D eigenvalue weighted by atomic mass is 10.0. The Morgan fingerprint density at radius 1 is 0.750 bits per heavy atom. The normalized spacial score (nSPS) is 10.9. The molecule has 0 aliphatic heterocycles. The van der Waals surface area contributed by atoms with Crippen LogP contribution in [0.3, 0.4) is 0 Å². The monoisotopic (exact) mass is 428 g/mol. The maximum absolute atomic E-state index is 12.5. The minimum atomic E-state index is -0.914. The highest BCUT2D eigenvalue weighted by molar-refractivity contribution is 6.39. The standard InChI is InChI=1S/C25H24N4O3/c1-17-10-6-8-14-21(17)27-24(31)25(32)29-28-18(2)16-23(30)26-22-15-9-7-13-20(22)19-11-4-3-5-12-19/h3-15H,16H2,1-2H3,(H,26,30)(H,27,31)(H,29,32)/b28-18-. The molecule has 0 heterocycles. The van der Waals surface area contributed by atoms with Gasteiger partial charge >= 0.3 is 11.8 Å². The molecular weight excluding hydrogens is 404 g/mol. The lowest BCUT2D eigenvalue weighted by Crippen LogP contribution is -2.33. The van der Waals surface area contributed by atoms with Crippen molar-refractivity contribution in [3.63, 3.8) is 0 Å². The first-order valence-electron chi connectivity index (χ1n) is 10.1. The van der Waals surface area contributed by atoms with Crippen LogP contribution in [0.15, 0.2) is 84.0 Å². The molecule has 7 heteroatoms. The molecule has 0 aliphatic carbocycles. The predicted molar refractivity (Wildman–Crippen MR) is 126 cm³/mol. The van der Waals surface area contributed by atoms with Crippen LogP contribution in [-0.4, -0.2) is 23.4 Å². The number of nitrogens with one attached hydrogen (secondary N) is 3. The number of hydrogen-bond donors (Lipinski definition) is 3. The SMILES string of the molecule is C/C(CC(=O)Nc1ccccc1-c1ccccc1)=N/NC(=O)C(=O)Nc1ccccc1C.